The van der Waals surface area contributed by atoms with E-state index in [1.54, 1.807) is 18.2 Å². The zero-order valence-corrected chi connectivity index (χ0v) is 13.8. The molecule has 0 aromatic heterocycles. The Balaban J connectivity index is 2.22. The molecular formula is C16H10N5O4S+. The standard InChI is InChI=1S/C16H9N5O4S/c17-19-13-9-15(10-5-1-2-6-11(10)16(13)22)26(23,24)25-14-8-4-3-7-12(14)20-21-18/h1-9H/p+1. The molecule has 3 aromatic rings. The molecule has 128 valence electrons. The minimum Gasteiger partial charge on any atom is -0.501 e. The van der Waals surface area contributed by atoms with Gasteiger partial charge in [-0.25, -0.2) is 0 Å². The van der Waals surface area contributed by atoms with E-state index in [0.29, 0.717) is 0 Å². The maximum Gasteiger partial charge on any atom is 0.428 e. The summed E-state index contributed by atoms with van der Waals surface area (Å²) in [6.07, 6.45) is 0. The highest BCUT2D eigenvalue weighted by Gasteiger charge is 2.28. The summed E-state index contributed by atoms with van der Waals surface area (Å²) in [7, 11) is -4.40. The van der Waals surface area contributed by atoms with Crippen LogP contribution in [-0.2, 0) is 10.1 Å². The van der Waals surface area contributed by atoms with E-state index in [2.05, 4.69) is 15.0 Å². The lowest BCUT2D eigenvalue weighted by Gasteiger charge is -2.11. The second kappa shape index (κ2) is 6.60. The second-order valence-corrected chi connectivity index (χ2v) is 6.60. The van der Waals surface area contributed by atoms with Crippen LogP contribution in [0.3, 0.4) is 0 Å². The van der Waals surface area contributed by atoms with Gasteiger partial charge in [-0.2, -0.15) is 8.42 Å². The van der Waals surface area contributed by atoms with Gasteiger partial charge in [-0.1, -0.05) is 41.5 Å². The molecule has 0 fully saturated rings. The minimum atomic E-state index is -4.40. The predicted molar refractivity (Wildman–Crippen MR) is 93.4 cm³/mol. The molecule has 9 nitrogen and oxygen atoms in total. The molecule has 0 amide bonds. The maximum absolute atomic E-state index is 12.8. The van der Waals surface area contributed by atoms with E-state index in [1.165, 1.54) is 30.3 Å². The normalized spacial score (nSPS) is 10.7. The number of rotatable bonds is 4. The SMILES string of the molecule is N#[N+]c1cc(S(=O)(=O)Oc2ccccc2N=[N+]=[N-])c2ccccc2c1O. The summed E-state index contributed by atoms with van der Waals surface area (Å²) in [5, 5.41) is 22.9. The highest BCUT2D eigenvalue weighted by atomic mass is 32.2. The van der Waals surface area contributed by atoms with Crippen LogP contribution < -0.4 is 4.18 Å². The van der Waals surface area contributed by atoms with E-state index in [1.807, 2.05) is 0 Å². The Morgan fingerprint density at radius 2 is 1.73 bits per heavy atom. The quantitative estimate of drug-likeness (QED) is 0.233. The maximum atomic E-state index is 12.8. The van der Waals surface area contributed by atoms with Gasteiger partial charge in [0.05, 0.1) is 11.8 Å². The number of fused-ring (bicyclic) bond motifs is 1. The smallest absolute Gasteiger partial charge is 0.428 e. The fraction of sp³-hybridized carbons (Fsp3) is 0. The van der Waals surface area contributed by atoms with Crippen molar-refractivity contribution in [1.29, 1.82) is 5.39 Å². The van der Waals surface area contributed by atoms with Gasteiger partial charge < -0.3 is 9.29 Å². The average molecular weight is 368 g/mol. The summed E-state index contributed by atoms with van der Waals surface area (Å²) in [5.41, 5.74) is 8.25. The van der Waals surface area contributed by atoms with Crippen LogP contribution in [0.1, 0.15) is 0 Å². The van der Waals surface area contributed by atoms with Crippen LogP contribution in [-0.4, -0.2) is 13.5 Å². The lowest BCUT2D eigenvalue weighted by atomic mass is 10.1. The van der Waals surface area contributed by atoms with E-state index in [4.69, 9.17) is 15.1 Å². The number of aromatic hydroxyl groups is 1. The van der Waals surface area contributed by atoms with E-state index in [9.17, 15) is 13.5 Å². The topological polar surface area (TPSA) is 141 Å². The predicted octanol–water partition coefficient (Wildman–Crippen LogP) is 4.74. The van der Waals surface area contributed by atoms with Gasteiger partial charge in [0.2, 0.25) is 11.1 Å². The number of azide groups is 1. The molecule has 3 rings (SSSR count). The number of benzene rings is 3. The first-order chi connectivity index (χ1) is 12.5. The van der Waals surface area contributed by atoms with E-state index in [0.717, 1.165) is 6.07 Å². The number of diazo groups is 1. The summed E-state index contributed by atoms with van der Waals surface area (Å²) in [4.78, 5) is 5.23. The first-order valence-electron chi connectivity index (χ1n) is 7.16. The highest BCUT2D eigenvalue weighted by Crippen LogP contribution is 2.40. The Morgan fingerprint density at radius 1 is 1.08 bits per heavy atom. The number of nitrogens with zero attached hydrogens (tertiary/aromatic N) is 5. The zero-order valence-electron chi connectivity index (χ0n) is 13.0. The van der Waals surface area contributed by atoms with Crippen LogP contribution in [0.2, 0.25) is 0 Å². The molecule has 0 saturated heterocycles. The van der Waals surface area contributed by atoms with E-state index >= 15 is 0 Å². The van der Waals surface area contributed by atoms with Crippen molar-refractivity contribution >= 4 is 32.3 Å². The Labute approximate surface area is 147 Å². The molecule has 0 atom stereocenters. The van der Waals surface area contributed by atoms with Crippen LogP contribution in [0, 0.1) is 5.39 Å². The third-order valence-corrected chi connectivity index (χ3v) is 4.83. The Bertz CT molecular complexity index is 1210. The van der Waals surface area contributed by atoms with Gasteiger partial charge in [-0.05, 0) is 17.7 Å². The van der Waals surface area contributed by atoms with Crippen molar-refractivity contribution in [2.24, 2.45) is 5.11 Å². The summed E-state index contributed by atoms with van der Waals surface area (Å²) in [6.45, 7) is 0. The number of phenols is 1. The molecule has 10 heteroatoms. The molecule has 0 saturated carbocycles. The fourth-order valence-corrected chi connectivity index (χ4v) is 3.59. The molecular weight excluding hydrogens is 358 g/mol. The zero-order chi connectivity index (χ0) is 18.7. The van der Waals surface area contributed by atoms with Crippen molar-refractivity contribution in [3.05, 3.63) is 70.0 Å². The summed E-state index contributed by atoms with van der Waals surface area (Å²) in [5.74, 6) is -0.526. The van der Waals surface area contributed by atoms with E-state index in [-0.39, 0.29) is 38.5 Å². The first kappa shape index (κ1) is 17.0. The van der Waals surface area contributed by atoms with Crippen LogP contribution in [0.5, 0.6) is 11.5 Å². The van der Waals surface area contributed by atoms with Crippen molar-refractivity contribution in [2.45, 2.75) is 4.90 Å². The van der Waals surface area contributed by atoms with Crippen molar-refractivity contribution in [3.8, 4) is 11.5 Å². The van der Waals surface area contributed by atoms with Crippen LogP contribution >= 0.6 is 0 Å². The minimum absolute atomic E-state index is 0.00581. The van der Waals surface area contributed by atoms with Gasteiger partial charge in [0.15, 0.2) is 10.7 Å². The molecule has 0 bridgehead atoms. The van der Waals surface area contributed by atoms with Gasteiger partial charge in [0.25, 0.3) is 0 Å². The molecule has 0 aliphatic carbocycles. The number of hydrogen-bond donors (Lipinski definition) is 1. The fourth-order valence-electron chi connectivity index (χ4n) is 2.42. The molecule has 0 unspecified atom stereocenters. The summed E-state index contributed by atoms with van der Waals surface area (Å²) >= 11 is 0. The third-order valence-electron chi connectivity index (χ3n) is 3.55. The first-order valence-corrected chi connectivity index (χ1v) is 8.57. The van der Waals surface area contributed by atoms with Gasteiger partial charge in [0, 0.05) is 15.7 Å². The van der Waals surface area contributed by atoms with Crippen LogP contribution in [0.4, 0.5) is 11.4 Å². The van der Waals surface area contributed by atoms with Crippen LogP contribution in [0.25, 0.3) is 26.2 Å². The number of para-hydroxylation sites is 1. The molecule has 0 radical (unpaired) electrons. The van der Waals surface area contributed by atoms with Crippen molar-refractivity contribution in [2.75, 3.05) is 0 Å². The molecule has 0 aliphatic heterocycles. The monoisotopic (exact) mass is 368 g/mol. The highest BCUT2D eigenvalue weighted by molar-refractivity contribution is 7.87. The van der Waals surface area contributed by atoms with Gasteiger partial charge in [-0.3, -0.25) is 0 Å². The number of phenolic OH excluding ortho intramolecular Hbond substituents is 1. The van der Waals surface area contributed by atoms with Gasteiger partial charge in [-0.15, -0.1) is 0 Å². The molecule has 3 aromatic carbocycles. The summed E-state index contributed by atoms with van der Waals surface area (Å²) < 4.78 is 30.7. The number of hydrogen-bond acceptors (Lipinski definition) is 6. The molecule has 1 N–H and O–H groups in total. The van der Waals surface area contributed by atoms with Crippen LogP contribution in [0.15, 0.2) is 64.6 Å². The largest absolute Gasteiger partial charge is 0.501 e. The second-order valence-electron chi connectivity index (χ2n) is 5.08. The summed E-state index contributed by atoms with van der Waals surface area (Å²) in [6, 6.07) is 12.9. The lowest BCUT2D eigenvalue weighted by Crippen LogP contribution is -2.10. The Kier molecular flexibility index (Phi) is 4.33. The molecule has 0 aliphatic rings. The Morgan fingerprint density at radius 3 is 2.42 bits per heavy atom. The van der Waals surface area contributed by atoms with Gasteiger partial charge >= 0.3 is 15.8 Å². The van der Waals surface area contributed by atoms with Gasteiger partial charge in [0.1, 0.15) is 4.90 Å². The van der Waals surface area contributed by atoms with Crippen molar-refractivity contribution in [1.82, 2.24) is 0 Å². The Hall–Kier alpha value is -3.80. The van der Waals surface area contributed by atoms with E-state index < -0.39 is 10.1 Å². The third kappa shape index (κ3) is 2.95. The molecule has 0 spiro atoms. The lowest BCUT2D eigenvalue weighted by molar-refractivity contribution is 0.482. The van der Waals surface area contributed by atoms with Crippen molar-refractivity contribution in [3.63, 3.8) is 0 Å². The van der Waals surface area contributed by atoms with Crippen molar-refractivity contribution < 1.29 is 17.7 Å². The molecule has 0 heterocycles. The molecule has 26 heavy (non-hydrogen) atoms. The average Bonchev–Trinajstić information content (AvgIpc) is 2.64.